The highest BCUT2D eigenvalue weighted by Gasteiger charge is 2.35. The highest BCUT2D eigenvalue weighted by molar-refractivity contribution is 9.10. The molecule has 1 saturated heterocycles. The van der Waals surface area contributed by atoms with Gasteiger partial charge < -0.3 is 10.2 Å². The van der Waals surface area contributed by atoms with Gasteiger partial charge in [0.2, 0.25) is 11.8 Å². The molecule has 0 spiro atoms. The Hall–Kier alpha value is -2.02. The van der Waals surface area contributed by atoms with Gasteiger partial charge in [-0.05, 0) is 18.1 Å². The molecular weight excluding hydrogens is 388 g/mol. The van der Waals surface area contributed by atoms with Crippen molar-refractivity contribution in [3.63, 3.8) is 0 Å². The van der Waals surface area contributed by atoms with Crippen LogP contribution in [0.25, 0.3) is 0 Å². The number of nitrogens with zero attached hydrogens (tertiary/aromatic N) is 1. The number of nitrogens with one attached hydrogen (secondary N) is 1. The minimum atomic E-state index is -0.599. The van der Waals surface area contributed by atoms with Gasteiger partial charge in [0, 0.05) is 22.9 Å². The van der Waals surface area contributed by atoms with E-state index in [9.17, 15) is 19.2 Å². The number of hydrogen-bond acceptors (Lipinski definition) is 4. The van der Waals surface area contributed by atoms with E-state index in [1.165, 1.54) is 4.90 Å². The molecule has 7 heteroatoms. The third-order valence-electron chi connectivity index (χ3n) is 4.06. The lowest BCUT2D eigenvalue weighted by Crippen LogP contribution is -2.60. The maximum absolute atomic E-state index is 12.3. The first-order valence-electron chi connectivity index (χ1n) is 8.16. The molecule has 25 heavy (non-hydrogen) atoms. The largest absolute Gasteiger partial charge is 0.343 e. The number of benzene rings is 1. The third kappa shape index (κ3) is 5.22. The molecule has 0 unspecified atom stereocenters. The Morgan fingerprint density at radius 2 is 1.84 bits per heavy atom. The zero-order chi connectivity index (χ0) is 18.6. The average Bonchev–Trinajstić information content (AvgIpc) is 2.56. The van der Waals surface area contributed by atoms with Crippen LogP contribution in [0.2, 0.25) is 0 Å². The topological polar surface area (TPSA) is 83.6 Å². The number of Topliss-reactive ketones (excluding diaryl/α,β-unsaturated/α-hetero) is 2. The van der Waals surface area contributed by atoms with Crippen molar-refractivity contribution in [3.8, 4) is 0 Å². The van der Waals surface area contributed by atoms with Crippen molar-refractivity contribution < 1.29 is 19.2 Å². The molecule has 0 saturated carbocycles. The molecule has 1 heterocycles. The quantitative estimate of drug-likeness (QED) is 0.698. The summed E-state index contributed by atoms with van der Waals surface area (Å²) in [4.78, 5) is 49.6. The molecule has 2 rings (SSSR count). The SMILES string of the molecule is CC(C)[C@@H]1NC(=O)CN(CC(=O)CCC(=O)c2ccc(Br)cc2)C1=O. The lowest BCUT2D eigenvalue weighted by atomic mass is 10.00. The molecule has 1 aliphatic rings. The van der Waals surface area contributed by atoms with Gasteiger partial charge >= 0.3 is 0 Å². The van der Waals surface area contributed by atoms with E-state index in [1.807, 2.05) is 13.8 Å². The first-order chi connectivity index (χ1) is 11.8. The summed E-state index contributed by atoms with van der Waals surface area (Å²) in [7, 11) is 0. The van der Waals surface area contributed by atoms with Crippen LogP contribution in [0, 0.1) is 5.92 Å². The summed E-state index contributed by atoms with van der Waals surface area (Å²) >= 11 is 3.30. The van der Waals surface area contributed by atoms with Gasteiger partial charge in [-0.25, -0.2) is 0 Å². The molecule has 1 atom stereocenters. The van der Waals surface area contributed by atoms with E-state index in [0.29, 0.717) is 5.56 Å². The van der Waals surface area contributed by atoms with Gasteiger partial charge in [0.15, 0.2) is 11.6 Å². The summed E-state index contributed by atoms with van der Waals surface area (Å²) in [5.41, 5.74) is 0.546. The van der Waals surface area contributed by atoms with E-state index in [2.05, 4.69) is 21.2 Å². The van der Waals surface area contributed by atoms with E-state index >= 15 is 0 Å². The van der Waals surface area contributed by atoms with Gasteiger partial charge in [-0.3, -0.25) is 19.2 Å². The second-order valence-corrected chi connectivity index (χ2v) is 7.37. The van der Waals surface area contributed by atoms with Crippen molar-refractivity contribution in [1.29, 1.82) is 0 Å². The van der Waals surface area contributed by atoms with Crippen LogP contribution in [0.4, 0.5) is 0 Å². The monoisotopic (exact) mass is 408 g/mol. The van der Waals surface area contributed by atoms with Crippen LogP contribution < -0.4 is 5.32 Å². The Balaban J connectivity index is 1.89. The Morgan fingerprint density at radius 3 is 2.44 bits per heavy atom. The maximum atomic E-state index is 12.3. The van der Waals surface area contributed by atoms with Crippen LogP contribution in [0.1, 0.15) is 37.0 Å². The van der Waals surface area contributed by atoms with Gasteiger partial charge in [0.25, 0.3) is 0 Å². The van der Waals surface area contributed by atoms with E-state index in [0.717, 1.165) is 4.47 Å². The highest BCUT2D eigenvalue weighted by Crippen LogP contribution is 2.14. The number of hydrogen-bond donors (Lipinski definition) is 1. The number of carbonyl (C=O) groups excluding carboxylic acids is 4. The molecule has 0 aromatic heterocycles. The summed E-state index contributed by atoms with van der Waals surface area (Å²) in [5.74, 6) is -0.910. The van der Waals surface area contributed by atoms with Crippen LogP contribution >= 0.6 is 15.9 Å². The molecule has 0 aliphatic carbocycles. The van der Waals surface area contributed by atoms with Crippen LogP contribution in [-0.2, 0) is 14.4 Å². The molecular formula is C18H21BrN2O4. The molecule has 0 bridgehead atoms. The Kier molecular flexibility index (Phi) is 6.47. The first-order valence-corrected chi connectivity index (χ1v) is 8.96. The molecule has 0 radical (unpaired) electrons. The molecule has 1 fully saturated rings. The van der Waals surface area contributed by atoms with Crippen LogP contribution in [0.15, 0.2) is 28.7 Å². The number of ketones is 2. The van der Waals surface area contributed by atoms with Crippen molar-refractivity contribution >= 4 is 39.3 Å². The summed E-state index contributed by atoms with van der Waals surface area (Å²) < 4.78 is 0.877. The Labute approximate surface area is 155 Å². The lowest BCUT2D eigenvalue weighted by molar-refractivity contribution is -0.147. The zero-order valence-corrected chi connectivity index (χ0v) is 15.8. The van der Waals surface area contributed by atoms with Gasteiger partial charge in [0.1, 0.15) is 12.6 Å². The van der Waals surface area contributed by atoms with Crippen molar-refractivity contribution in [2.24, 2.45) is 5.92 Å². The minimum absolute atomic E-state index is 0.0478. The normalized spacial score (nSPS) is 17.6. The number of halogens is 1. The number of amides is 2. The number of rotatable bonds is 7. The summed E-state index contributed by atoms with van der Waals surface area (Å²) in [6.45, 7) is 3.42. The van der Waals surface area contributed by atoms with Crippen molar-refractivity contribution in [2.75, 3.05) is 13.1 Å². The van der Waals surface area contributed by atoms with Crippen LogP contribution in [-0.4, -0.2) is 47.4 Å². The van der Waals surface area contributed by atoms with Crippen molar-refractivity contribution in [3.05, 3.63) is 34.3 Å². The standard InChI is InChI=1S/C18H21BrN2O4/c1-11(2)17-18(25)21(10-16(24)20-17)9-14(22)7-8-15(23)12-3-5-13(19)6-4-12/h3-6,11,17H,7-10H2,1-2H3,(H,20,24)/t17-/m0/s1. The highest BCUT2D eigenvalue weighted by atomic mass is 79.9. The zero-order valence-electron chi connectivity index (χ0n) is 14.3. The second-order valence-electron chi connectivity index (χ2n) is 6.45. The molecule has 1 aliphatic heterocycles. The summed E-state index contributed by atoms with van der Waals surface area (Å²) in [6.07, 6.45) is 0.134. The maximum Gasteiger partial charge on any atom is 0.246 e. The Bertz CT molecular complexity index is 685. The molecule has 1 aromatic rings. The molecule has 134 valence electrons. The van der Waals surface area contributed by atoms with Gasteiger partial charge in [-0.1, -0.05) is 41.9 Å². The van der Waals surface area contributed by atoms with E-state index in [1.54, 1.807) is 24.3 Å². The predicted molar refractivity (Wildman–Crippen MR) is 96.1 cm³/mol. The third-order valence-corrected chi connectivity index (χ3v) is 4.59. The number of carbonyl (C=O) groups is 4. The van der Waals surface area contributed by atoms with E-state index in [4.69, 9.17) is 0 Å². The van der Waals surface area contributed by atoms with E-state index in [-0.39, 0.29) is 55.2 Å². The smallest absolute Gasteiger partial charge is 0.246 e. The van der Waals surface area contributed by atoms with Crippen molar-refractivity contribution in [2.45, 2.75) is 32.7 Å². The first kappa shape index (κ1) is 19.3. The lowest BCUT2D eigenvalue weighted by Gasteiger charge is -2.33. The molecule has 6 nitrogen and oxygen atoms in total. The fourth-order valence-electron chi connectivity index (χ4n) is 2.64. The van der Waals surface area contributed by atoms with Gasteiger partial charge in [-0.2, -0.15) is 0 Å². The molecule has 1 N–H and O–H groups in total. The summed E-state index contributed by atoms with van der Waals surface area (Å²) in [5, 5.41) is 2.65. The Morgan fingerprint density at radius 1 is 1.20 bits per heavy atom. The molecule has 2 amide bonds. The van der Waals surface area contributed by atoms with Crippen LogP contribution in [0.3, 0.4) is 0 Å². The fourth-order valence-corrected chi connectivity index (χ4v) is 2.90. The number of piperazine rings is 1. The fraction of sp³-hybridized carbons (Fsp3) is 0.444. The van der Waals surface area contributed by atoms with Crippen molar-refractivity contribution in [1.82, 2.24) is 10.2 Å². The van der Waals surface area contributed by atoms with E-state index < -0.39 is 6.04 Å². The van der Waals surface area contributed by atoms with Gasteiger partial charge in [-0.15, -0.1) is 0 Å². The van der Waals surface area contributed by atoms with Crippen LogP contribution in [0.5, 0.6) is 0 Å². The minimum Gasteiger partial charge on any atom is -0.343 e. The van der Waals surface area contributed by atoms with Gasteiger partial charge in [0.05, 0.1) is 6.54 Å². The molecule has 1 aromatic carbocycles. The second kappa shape index (κ2) is 8.38. The average molecular weight is 409 g/mol. The summed E-state index contributed by atoms with van der Waals surface area (Å²) in [6, 6.07) is 6.34. The predicted octanol–water partition coefficient (Wildman–Crippen LogP) is 1.96.